The Morgan fingerprint density at radius 3 is 2.52 bits per heavy atom. The number of nitrogens with two attached hydrogens (primary N) is 1. The van der Waals surface area contributed by atoms with Gasteiger partial charge in [0, 0.05) is 12.2 Å². The normalized spacial score (nSPS) is 18.8. The van der Waals surface area contributed by atoms with Crippen molar-refractivity contribution in [1.82, 2.24) is 10.3 Å². The van der Waals surface area contributed by atoms with Crippen molar-refractivity contribution in [2.45, 2.75) is 51.2 Å². The van der Waals surface area contributed by atoms with Gasteiger partial charge in [-0.05, 0) is 56.5 Å². The summed E-state index contributed by atoms with van der Waals surface area (Å²) in [5.41, 5.74) is 7.46. The molecule has 1 aromatic carbocycles. The number of hydrogen-bond donors (Lipinski definition) is 6. The van der Waals surface area contributed by atoms with Crippen LogP contribution < -0.4 is 11.1 Å². The fraction of sp³-hybridized carbons (Fsp3) is 0.409. The summed E-state index contributed by atoms with van der Waals surface area (Å²) >= 11 is 0. The second-order valence-electron chi connectivity index (χ2n) is 7.83. The van der Waals surface area contributed by atoms with Crippen LogP contribution in [0, 0.1) is 5.82 Å². The Labute approximate surface area is 191 Å². The molecule has 7 N–H and O–H groups in total. The van der Waals surface area contributed by atoms with E-state index >= 15 is 0 Å². The Hall–Kier alpha value is -3.12. The number of amidine groups is 1. The quantitative estimate of drug-likeness (QED) is 0.224. The molecule has 0 spiro atoms. The number of halogens is 1. The lowest BCUT2D eigenvalue weighted by atomic mass is 10.1. The number of carbonyl (C=O) groups is 1. The van der Waals surface area contributed by atoms with Gasteiger partial charge in [-0.15, -0.1) is 0 Å². The van der Waals surface area contributed by atoms with E-state index in [-0.39, 0.29) is 37.0 Å². The number of carbonyl (C=O) groups excluding carboxylic acids is 1. The molecule has 10 nitrogen and oxygen atoms in total. The van der Waals surface area contributed by atoms with Crippen LogP contribution >= 0.6 is 0 Å². The van der Waals surface area contributed by atoms with Gasteiger partial charge in [0.15, 0.2) is 11.6 Å². The van der Waals surface area contributed by atoms with Crippen molar-refractivity contribution in [3.63, 3.8) is 0 Å². The summed E-state index contributed by atoms with van der Waals surface area (Å²) in [5, 5.41) is 28.0. The van der Waals surface area contributed by atoms with Crippen molar-refractivity contribution in [1.29, 1.82) is 0 Å². The summed E-state index contributed by atoms with van der Waals surface area (Å²) in [7, 11) is 0. The highest BCUT2D eigenvalue weighted by molar-refractivity contribution is 6.06. The molecule has 0 saturated carbocycles. The van der Waals surface area contributed by atoms with Crippen LogP contribution in [0.5, 0.6) is 0 Å². The highest BCUT2D eigenvalue weighted by Gasteiger charge is 2.27. The zero-order valence-corrected chi connectivity index (χ0v) is 18.5. The first-order valence-electron chi connectivity index (χ1n) is 10.3. The molecule has 1 aromatic heterocycles. The Balaban J connectivity index is 0.000000696. The third kappa shape index (κ3) is 9.49. The zero-order valence-electron chi connectivity index (χ0n) is 18.5. The predicted molar refractivity (Wildman–Crippen MR) is 121 cm³/mol. The number of aromatic amines is 1. The summed E-state index contributed by atoms with van der Waals surface area (Å²) in [4.78, 5) is 23.2. The molecular formula is C22H30FN5O5. The van der Waals surface area contributed by atoms with Crippen molar-refractivity contribution < 1.29 is 29.2 Å². The molecule has 33 heavy (non-hydrogen) atoms. The van der Waals surface area contributed by atoms with E-state index < -0.39 is 11.8 Å². The standard InChI is InChI=1S/C19H22FN5O3.C3H8O2/c20-13-3-1-12(2-4-13)9-22-19(27)25-18(23-11-21)16-7-6-15(24-16)17-8-5-14(10-26)28-17;1-3(2,4)5/h1-4,6-7,11,14,17,24,26H,5,8-10H2,(H3,21,22,23,25,27);4-5H,1-2H3. The van der Waals surface area contributed by atoms with Gasteiger partial charge in [0.25, 0.3) is 0 Å². The average molecular weight is 464 g/mol. The molecule has 1 aliphatic rings. The lowest BCUT2D eigenvalue weighted by Gasteiger charge is -2.10. The largest absolute Gasteiger partial charge is 0.394 e. The number of urea groups is 1. The molecular weight excluding hydrogens is 433 g/mol. The molecule has 3 rings (SSSR count). The first-order chi connectivity index (χ1) is 15.6. The maximum atomic E-state index is 12.9. The van der Waals surface area contributed by atoms with E-state index in [1.165, 1.54) is 26.0 Å². The lowest BCUT2D eigenvalue weighted by Crippen LogP contribution is -2.21. The maximum absolute atomic E-state index is 12.9. The number of benzene rings is 1. The number of hydrogen-bond acceptors (Lipinski definition) is 5. The van der Waals surface area contributed by atoms with Crippen LogP contribution in [-0.4, -0.2) is 57.0 Å². The van der Waals surface area contributed by atoms with Gasteiger partial charge in [-0.2, -0.15) is 4.99 Å². The van der Waals surface area contributed by atoms with Crippen molar-refractivity contribution in [2.75, 3.05) is 6.61 Å². The molecule has 0 radical (unpaired) electrons. The van der Waals surface area contributed by atoms with Crippen molar-refractivity contribution in [3.8, 4) is 0 Å². The summed E-state index contributed by atoms with van der Waals surface area (Å²) in [6, 6.07) is 8.78. The highest BCUT2D eigenvalue weighted by atomic mass is 19.1. The van der Waals surface area contributed by atoms with E-state index in [1.807, 2.05) is 6.07 Å². The van der Waals surface area contributed by atoms with Crippen LogP contribution in [0.2, 0.25) is 0 Å². The number of rotatable bonds is 5. The van der Waals surface area contributed by atoms with E-state index in [0.717, 1.165) is 30.4 Å². The molecule has 1 fully saturated rings. The van der Waals surface area contributed by atoms with Gasteiger partial charge in [0.2, 0.25) is 0 Å². The van der Waals surface area contributed by atoms with Gasteiger partial charge >= 0.3 is 6.03 Å². The van der Waals surface area contributed by atoms with Crippen molar-refractivity contribution in [3.05, 3.63) is 59.2 Å². The maximum Gasteiger partial charge on any atom is 0.343 e. The number of aliphatic hydroxyl groups is 3. The monoisotopic (exact) mass is 463 g/mol. The number of H-pyrrole nitrogens is 1. The molecule has 2 unspecified atom stereocenters. The molecule has 0 aliphatic carbocycles. The van der Waals surface area contributed by atoms with Crippen LogP contribution in [0.1, 0.15) is 49.7 Å². The van der Waals surface area contributed by atoms with Crippen LogP contribution in [0.4, 0.5) is 9.18 Å². The second-order valence-corrected chi connectivity index (χ2v) is 7.83. The smallest absolute Gasteiger partial charge is 0.343 e. The lowest BCUT2D eigenvalue weighted by molar-refractivity contribution is -0.127. The van der Waals surface area contributed by atoms with Gasteiger partial charge in [0.1, 0.15) is 5.82 Å². The molecule has 180 valence electrons. The molecule has 0 bridgehead atoms. The number of aliphatic hydroxyl groups excluding tert-OH is 1. The SMILES string of the molecule is CC(C)(O)O.NC=N/C(=N\C(=O)NCc1ccc(F)cc1)c1ccc(C2CCC(CO)O2)[nH]1. The van der Waals surface area contributed by atoms with Crippen LogP contribution in [-0.2, 0) is 11.3 Å². The molecule has 2 atom stereocenters. The number of ether oxygens (including phenoxy) is 1. The molecule has 2 amide bonds. The average Bonchev–Trinajstić information content (AvgIpc) is 3.41. The summed E-state index contributed by atoms with van der Waals surface area (Å²) in [6.07, 6.45) is 2.31. The Bertz CT molecular complexity index is 947. The van der Waals surface area contributed by atoms with Crippen LogP contribution in [0.3, 0.4) is 0 Å². The third-order valence-electron chi connectivity index (χ3n) is 4.37. The third-order valence-corrected chi connectivity index (χ3v) is 4.37. The fourth-order valence-electron chi connectivity index (χ4n) is 2.94. The number of aliphatic imine (C=N–C) groups is 2. The zero-order chi connectivity index (χ0) is 24.4. The Morgan fingerprint density at radius 2 is 1.94 bits per heavy atom. The number of amides is 2. The van der Waals surface area contributed by atoms with Crippen LogP contribution in [0.25, 0.3) is 0 Å². The molecule has 2 aromatic rings. The molecule has 11 heteroatoms. The number of aromatic nitrogens is 1. The minimum Gasteiger partial charge on any atom is -0.394 e. The minimum absolute atomic E-state index is 0.0114. The first-order valence-corrected chi connectivity index (χ1v) is 10.3. The summed E-state index contributed by atoms with van der Waals surface area (Å²) in [6.45, 7) is 2.79. The minimum atomic E-state index is -1.50. The molecule has 2 heterocycles. The Kier molecular flexibility index (Phi) is 9.67. The van der Waals surface area contributed by atoms with Gasteiger partial charge in [-0.3, -0.25) is 0 Å². The molecule has 1 aliphatic heterocycles. The van der Waals surface area contributed by atoms with E-state index in [4.69, 9.17) is 20.7 Å². The fourth-order valence-corrected chi connectivity index (χ4v) is 2.94. The van der Waals surface area contributed by atoms with E-state index in [9.17, 15) is 14.3 Å². The predicted octanol–water partition coefficient (Wildman–Crippen LogP) is 1.72. The first kappa shape index (κ1) is 26.1. The second kappa shape index (κ2) is 12.2. The van der Waals surface area contributed by atoms with E-state index in [1.54, 1.807) is 18.2 Å². The topological polar surface area (TPSA) is 166 Å². The van der Waals surface area contributed by atoms with Crippen LogP contribution in [0.15, 0.2) is 46.4 Å². The van der Waals surface area contributed by atoms with E-state index in [0.29, 0.717) is 5.69 Å². The van der Waals surface area contributed by atoms with Gasteiger partial charge in [-0.1, -0.05) is 12.1 Å². The summed E-state index contributed by atoms with van der Waals surface area (Å²) in [5.74, 6) is -1.71. The summed E-state index contributed by atoms with van der Waals surface area (Å²) < 4.78 is 18.7. The van der Waals surface area contributed by atoms with Crippen molar-refractivity contribution in [2.24, 2.45) is 15.7 Å². The van der Waals surface area contributed by atoms with Gasteiger partial charge in [0.05, 0.1) is 30.8 Å². The van der Waals surface area contributed by atoms with Crippen molar-refractivity contribution >= 4 is 18.2 Å². The molecule has 1 saturated heterocycles. The number of nitrogens with zero attached hydrogens (tertiary/aromatic N) is 2. The number of nitrogens with one attached hydrogen (secondary N) is 2. The van der Waals surface area contributed by atoms with Gasteiger partial charge < -0.3 is 36.1 Å². The van der Waals surface area contributed by atoms with E-state index in [2.05, 4.69) is 20.3 Å². The Morgan fingerprint density at radius 1 is 1.27 bits per heavy atom. The highest BCUT2D eigenvalue weighted by Crippen LogP contribution is 2.32. The van der Waals surface area contributed by atoms with Gasteiger partial charge in [-0.25, -0.2) is 14.2 Å².